The van der Waals surface area contributed by atoms with Crippen LogP contribution in [0, 0.1) is 0 Å². The van der Waals surface area contributed by atoms with E-state index in [-0.39, 0.29) is 0 Å². The second-order valence-corrected chi connectivity index (χ2v) is 3.99. The second kappa shape index (κ2) is 6.16. The lowest BCUT2D eigenvalue weighted by molar-refractivity contribution is 0.396. The highest BCUT2D eigenvalue weighted by Gasteiger charge is 2.01. The number of methoxy groups -OCH3 is 1. The molecule has 0 amide bonds. The normalized spacial score (nSPS) is 10.6. The van der Waals surface area contributed by atoms with Gasteiger partial charge in [0.05, 0.1) is 31.4 Å². The van der Waals surface area contributed by atoms with Crippen molar-refractivity contribution in [2.24, 2.45) is 0 Å². The highest BCUT2D eigenvalue weighted by Crippen LogP contribution is 2.08. The lowest BCUT2D eigenvalue weighted by Gasteiger charge is -2.03. The Morgan fingerprint density at radius 3 is 3.00 bits per heavy atom. The molecule has 0 aromatic carbocycles. The summed E-state index contributed by atoms with van der Waals surface area (Å²) in [5.74, 6) is 0.639. The molecule has 0 saturated heterocycles. The predicted molar refractivity (Wildman–Crippen MR) is 69.5 cm³/mol. The Kier molecular flexibility index (Phi) is 4.30. The summed E-state index contributed by atoms with van der Waals surface area (Å²) in [4.78, 5) is 8.71. The number of nitrogens with zero attached hydrogens (tertiary/aromatic N) is 3. The molecule has 0 atom stereocenters. The van der Waals surface area contributed by atoms with Crippen LogP contribution in [0.3, 0.4) is 0 Å². The van der Waals surface area contributed by atoms with Gasteiger partial charge in [-0.2, -0.15) is 0 Å². The summed E-state index contributed by atoms with van der Waals surface area (Å²) in [6.07, 6.45) is 3.86. The molecule has 5 nitrogen and oxygen atoms in total. The average Bonchev–Trinajstić information content (AvgIpc) is 2.84. The summed E-state index contributed by atoms with van der Waals surface area (Å²) >= 11 is 0. The fourth-order valence-electron chi connectivity index (χ4n) is 1.68. The maximum absolute atomic E-state index is 5.10. The molecule has 18 heavy (non-hydrogen) atoms. The van der Waals surface area contributed by atoms with Gasteiger partial charge in [0.1, 0.15) is 0 Å². The Labute approximate surface area is 107 Å². The van der Waals surface area contributed by atoms with E-state index in [1.807, 2.05) is 35.3 Å². The first-order valence-electron chi connectivity index (χ1n) is 6.03. The van der Waals surface area contributed by atoms with Crippen LogP contribution >= 0.6 is 0 Å². The van der Waals surface area contributed by atoms with Crippen LogP contribution < -0.4 is 10.1 Å². The number of ether oxygens (including phenoxy) is 1. The van der Waals surface area contributed by atoms with Gasteiger partial charge in [0.25, 0.3) is 0 Å². The average molecular weight is 246 g/mol. The van der Waals surface area contributed by atoms with Gasteiger partial charge in [0.15, 0.2) is 0 Å². The van der Waals surface area contributed by atoms with Gasteiger partial charge in [-0.1, -0.05) is 13.0 Å². The number of hydrogen-bond acceptors (Lipinski definition) is 4. The molecule has 96 valence electrons. The molecule has 0 unspecified atom stereocenters. The monoisotopic (exact) mass is 246 g/mol. The van der Waals surface area contributed by atoms with Crippen LogP contribution in [0.1, 0.15) is 18.3 Å². The van der Waals surface area contributed by atoms with Crippen LogP contribution in [0.15, 0.2) is 30.7 Å². The van der Waals surface area contributed by atoms with Crippen molar-refractivity contribution in [2.75, 3.05) is 13.7 Å². The summed E-state index contributed by atoms with van der Waals surface area (Å²) in [6, 6.07) is 5.76. The zero-order chi connectivity index (χ0) is 12.8. The first-order chi connectivity index (χ1) is 8.81. The maximum atomic E-state index is 5.10. The van der Waals surface area contributed by atoms with Crippen molar-refractivity contribution < 1.29 is 4.74 Å². The van der Waals surface area contributed by atoms with Crippen LogP contribution in [0.2, 0.25) is 0 Å². The van der Waals surface area contributed by atoms with Crippen molar-refractivity contribution >= 4 is 0 Å². The van der Waals surface area contributed by atoms with Crippen LogP contribution in [0.4, 0.5) is 0 Å². The van der Waals surface area contributed by atoms with E-state index in [0.29, 0.717) is 12.4 Å². The van der Waals surface area contributed by atoms with Gasteiger partial charge in [0.2, 0.25) is 5.88 Å². The van der Waals surface area contributed by atoms with Gasteiger partial charge in [-0.25, -0.2) is 9.97 Å². The number of rotatable bonds is 6. The Morgan fingerprint density at radius 1 is 1.33 bits per heavy atom. The van der Waals surface area contributed by atoms with Crippen LogP contribution in [-0.4, -0.2) is 28.2 Å². The Morgan fingerprint density at radius 2 is 2.22 bits per heavy atom. The molecule has 0 aliphatic carbocycles. The third kappa shape index (κ3) is 3.30. The minimum Gasteiger partial charge on any atom is -0.481 e. The smallest absolute Gasteiger partial charge is 0.213 e. The van der Waals surface area contributed by atoms with Gasteiger partial charge in [0, 0.05) is 18.8 Å². The molecule has 0 aliphatic heterocycles. The quantitative estimate of drug-likeness (QED) is 0.838. The zero-order valence-electron chi connectivity index (χ0n) is 10.8. The summed E-state index contributed by atoms with van der Waals surface area (Å²) in [7, 11) is 1.62. The lowest BCUT2D eigenvalue weighted by Crippen LogP contribution is -2.11. The molecule has 5 heteroatoms. The van der Waals surface area contributed by atoms with Crippen LogP contribution in [0.25, 0.3) is 0 Å². The van der Waals surface area contributed by atoms with E-state index < -0.39 is 0 Å². The van der Waals surface area contributed by atoms with Gasteiger partial charge in [-0.3, -0.25) is 0 Å². The van der Waals surface area contributed by atoms with Gasteiger partial charge >= 0.3 is 0 Å². The fraction of sp³-hybridized carbons (Fsp3) is 0.385. The highest BCUT2D eigenvalue weighted by atomic mass is 16.5. The van der Waals surface area contributed by atoms with Gasteiger partial charge in [-0.15, -0.1) is 0 Å². The number of hydrogen-bond donors (Lipinski definition) is 1. The van der Waals surface area contributed by atoms with E-state index in [1.165, 1.54) is 0 Å². The number of aromatic nitrogens is 3. The Hall–Kier alpha value is -1.88. The Balaban J connectivity index is 2.01. The van der Waals surface area contributed by atoms with Crippen molar-refractivity contribution in [3.8, 4) is 5.88 Å². The molecule has 2 aromatic heterocycles. The van der Waals surface area contributed by atoms with E-state index in [0.717, 1.165) is 24.5 Å². The number of imidazole rings is 1. The lowest BCUT2D eigenvalue weighted by atomic mass is 10.3. The van der Waals surface area contributed by atoms with Crippen LogP contribution in [-0.2, 0) is 13.1 Å². The predicted octanol–water partition coefficient (Wildman–Crippen LogP) is 1.44. The summed E-state index contributed by atoms with van der Waals surface area (Å²) in [5, 5.41) is 3.25. The molecule has 2 heterocycles. The van der Waals surface area contributed by atoms with E-state index in [1.54, 1.807) is 7.11 Å². The molecular weight excluding hydrogens is 228 g/mol. The van der Waals surface area contributed by atoms with E-state index in [9.17, 15) is 0 Å². The van der Waals surface area contributed by atoms with Crippen molar-refractivity contribution in [2.45, 2.75) is 20.0 Å². The molecule has 0 radical (unpaired) electrons. The third-order valence-corrected chi connectivity index (χ3v) is 2.58. The maximum Gasteiger partial charge on any atom is 0.213 e. The molecule has 2 rings (SSSR count). The topological polar surface area (TPSA) is 52.0 Å². The Bertz CT molecular complexity index is 495. The van der Waals surface area contributed by atoms with E-state index >= 15 is 0 Å². The molecular formula is C13H18N4O. The summed E-state index contributed by atoms with van der Waals surface area (Å²) in [5.41, 5.74) is 2.00. The molecule has 0 fully saturated rings. The molecule has 0 spiro atoms. The molecule has 2 aromatic rings. The standard InChI is InChI=1S/C13H18N4O/c1-3-14-7-12-9-17(10-15-12)8-11-5-4-6-13(16-11)18-2/h4-6,9-10,14H,3,7-8H2,1-2H3. The largest absolute Gasteiger partial charge is 0.481 e. The van der Waals surface area contributed by atoms with E-state index in [4.69, 9.17) is 4.74 Å². The molecule has 0 aliphatic rings. The SMILES string of the molecule is CCNCc1cn(Cc2cccc(OC)n2)cn1. The third-order valence-electron chi connectivity index (χ3n) is 2.58. The number of nitrogens with one attached hydrogen (secondary N) is 1. The molecule has 0 saturated carbocycles. The zero-order valence-corrected chi connectivity index (χ0v) is 10.8. The fourth-order valence-corrected chi connectivity index (χ4v) is 1.68. The number of pyridine rings is 1. The molecule has 0 bridgehead atoms. The van der Waals surface area contributed by atoms with Gasteiger partial charge < -0.3 is 14.6 Å². The van der Waals surface area contributed by atoms with Crippen molar-refractivity contribution in [3.63, 3.8) is 0 Å². The minimum absolute atomic E-state index is 0.639. The van der Waals surface area contributed by atoms with Crippen molar-refractivity contribution in [1.82, 2.24) is 19.9 Å². The highest BCUT2D eigenvalue weighted by molar-refractivity contribution is 5.16. The minimum atomic E-state index is 0.639. The summed E-state index contributed by atoms with van der Waals surface area (Å²) in [6.45, 7) is 4.53. The van der Waals surface area contributed by atoms with Crippen molar-refractivity contribution in [1.29, 1.82) is 0 Å². The van der Waals surface area contributed by atoms with Crippen molar-refractivity contribution in [3.05, 3.63) is 42.1 Å². The van der Waals surface area contributed by atoms with E-state index in [2.05, 4.69) is 22.2 Å². The first kappa shape index (κ1) is 12.6. The second-order valence-electron chi connectivity index (χ2n) is 3.99. The van der Waals surface area contributed by atoms with Gasteiger partial charge in [-0.05, 0) is 12.6 Å². The summed E-state index contributed by atoms with van der Waals surface area (Å²) < 4.78 is 7.13. The molecule has 1 N–H and O–H groups in total. The van der Waals surface area contributed by atoms with Crippen LogP contribution in [0.5, 0.6) is 5.88 Å². The first-order valence-corrected chi connectivity index (χ1v) is 6.03.